The van der Waals surface area contributed by atoms with E-state index < -0.39 is 0 Å². The second-order valence-corrected chi connectivity index (χ2v) is 8.05. The van der Waals surface area contributed by atoms with Crippen LogP contribution in [-0.2, 0) is 6.42 Å². The van der Waals surface area contributed by atoms with Crippen molar-refractivity contribution < 1.29 is 0 Å². The van der Waals surface area contributed by atoms with Crippen molar-refractivity contribution in [3.63, 3.8) is 0 Å². The van der Waals surface area contributed by atoms with Crippen molar-refractivity contribution in [2.75, 3.05) is 0 Å². The van der Waals surface area contributed by atoms with Crippen LogP contribution >= 0.6 is 0 Å². The molecule has 0 aromatic heterocycles. The Balaban J connectivity index is 1.89. The van der Waals surface area contributed by atoms with Crippen molar-refractivity contribution in [3.8, 4) is 0 Å². The van der Waals surface area contributed by atoms with Crippen molar-refractivity contribution >= 4 is 0 Å². The van der Waals surface area contributed by atoms with Crippen molar-refractivity contribution in [1.82, 2.24) is 0 Å². The van der Waals surface area contributed by atoms with Gasteiger partial charge >= 0.3 is 0 Å². The molecule has 0 nitrogen and oxygen atoms in total. The maximum Gasteiger partial charge on any atom is -0.0247 e. The summed E-state index contributed by atoms with van der Waals surface area (Å²) in [5.74, 6) is 0.753. The minimum Gasteiger partial charge on any atom is -0.0654 e. The van der Waals surface area contributed by atoms with Gasteiger partial charge in [0.2, 0.25) is 0 Å². The van der Waals surface area contributed by atoms with Gasteiger partial charge in [-0.05, 0) is 43.2 Å². The Labute approximate surface area is 167 Å². The normalized spacial score (nSPS) is 13.9. The highest BCUT2D eigenvalue weighted by Crippen LogP contribution is 2.28. The van der Waals surface area contributed by atoms with Gasteiger partial charge in [-0.3, -0.25) is 0 Å². The second kappa shape index (κ2) is 13.4. The van der Waals surface area contributed by atoms with Crippen LogP contribution in [0.4, 0.5) is 0 Å². The summed E-state index contributed by atoms with van der Waals surface area (Å²) >= 11 is 0. The highest BCUT2D eigenvalue weighted by atomic mass is 14.2. The summed E-state index contributed by atoms with van der Waals surface area (Å²) in [7, 11) is 0. The van der Waals surface area contributed by atoms with Gasteiger partial charge in [0.1, 0.15) is 0 Å². The first-order chi connectivity index (χ1) is 13.3. The third kappa shape index (κ3) is 9.61. The molecule has 27 heavy (non-hydrogen) atoms. The highest BCUT2D eigenvalue weighted by Gasteiger charge is 2.14. The largest absolute Gasteiger partial charge is 0.0654 e. The summed E-state index contributed by atoms with van der Waals surface area (Å²) < 4.78 is 0. The van der Waals surface area contributed by atoms with Gasteiger partial charge in [0.05, 0.1) is 0 Å². The Morgan fingerprint density at radius 1 is 0.667 bits per heavy atom. The third-order valence-electron chi connectivity index (χ3n) is 5.38. The van der Waals surface area contributed by atoms with E-state index in [0.717, 1.165) is 5.92 Å². The van der Waals surface area contributed by atoms with E-state index in [9.17, 15) is 0 Å². The van der Waals surface area contributed by atoms with Crippen LogP contribution in [0.15, 0.2) is 77.9 Å². The molecule has 0 radical (unpaired) electrons. The number of hydrogen-bond acceptors (Lipinski definition) is 0. The fourth-order valence-electron chi connectivity index (χ4n) is 3.89. The molecule has 0 heterocycles. The molecule has 0 saturated heterocycles. The first-order valence-electron chi connectivity index (χ1n) is 11.0. The molecule has 0 heteroatoms. The zero-order valence-electron chi connectivity index (χ0n) is 17.5. The molecule has 146 valence electrons. The van der Waals surface area contributed by atoms with Crippen LogP contribution in [0.5, 0.6) is 0 Å². The Morgan fingerprint density at radius 2 is 1.22 bits per heavy atom. The molecule has 0 spiro atoms. The van der Waals surface area contributed by atoms with E-state index in [4.69, 9.17) is 0 Å². The molecule has 1 atom stereocenters. The molecule has 1 unspecified atom stereocenters. The zero-order valence-corrected chi connectivity index (χ0v) is 17.5. The van der Waals surface area contributed by atoms with Crippen LogP contribution in [0, 0.1) is 5.92 Å². The molecular formula is C27H38. The lowest BCUT2D eigenvalue weighted by molar-refractivity contribution is 0.445. The minimum atomic E-state index is 0.753. The quantitative estimate of drug-likeness (QED) is 0.327. The van der Waals surface area contributed by atoms with Crippen LogP contribution in [0.3, 0.4) is 0 Å². The van der Waals surface area contributed by atoms with Gasteiger partial charge in [-0.15, -0.1) is 0 Å². The monoisotopic (exact) mass is 362 g/mol. The average molecular weight is 363 g/mol. The highest BCUT2D eigenvalue weighted by molar-refractivity contribution is 5.42. The Bertz CT molecular complexity index is 624. The number of hydrogen-bond donors (Lipinski definition) is 0. The van der Waals surface area contributed by atoms with Crippen LogP contribution in [0.2, 0.25) is 0 Å². The van der Waals surface area contributed by atoms with Gasteiger partial charge in [0.25, 0.3) is 0 Å². The molecule has 0 N–H and O–H groups in total. The van der Waals surface area contributed by atoms with Crippen molar-refractivity contribution in [2.24, 2.45) is 5.92 Å². The lowest BCUT2D eigenvalue weighted by Crippen LogP contribution is -2.08. The molecule has 0 aliphatic heterocycles. The van der Waals surface area contributed by atoms with Crippen LogP contribution in [0.25, 0.3) is 0 Å². The van der Waals surface area contributed by atoms with Gasteiger partial charge in [-0.1, -0.05) is 124 Å². The van der Waals surface area contributed by atoms with Gasteiger partial charge in [-0.2, -0.15) is 0 Å². The molecule has 0 fully saturated rings. The molecule has 0 saturated carbocycles. The van der Waals surface area contributed by atoms with E-state index in [1.807, 2.05) is 0 Å². The second-order valence-electron chi connectivity index (χ2n) is 8.05. The van der Waals surface area contributed by atoms with E-state index >= 15 is 0 Å². The molecule has 1 aromatic rings. The number of unbranched alkanes of at least 4 members (excludes halogenated alkanes) is 6. The molecule has 0 amide bonds. The third-order valence-corrected chi connectivity index (χ3v) is 5.38. The Morgan fingerprint density at radius 3 is 1.81 bits per heavy atom. The predicted octanol–water partition coefficient (Wildman–Crippen LogP) is 8.39. The van der Waals surface area contributed by atoms with Crippen molar-refractivity contribution in [3.05, 3.63) is 83.5 Å². The van der Waals surface area contributed by atoms with E-state index in [1.165, 1.54) is 75.3 Å². The van der Waals surface area contributed by atoms with Gasteiger partial charge < -0.3 is 0 Å². The summed E-state index contributed by atoms with van der Waals surface area (Å²) in [6, 6.07) is 19.4. The fraction of sp³-hybridized carbons (Fsp3) is 0.481. The molecule has 1 aliphatic rings. The van der Waals surface area contributed by atoms with Gasteiger partial charge in [0.15, 0.2) is 0 Å². The molecule has 1 aromatic carbocycles. The molecule has 0 bridgehead atoms. The van der Waals surface area contributed by atoms with Crippen LogP contribution < -0.4 is 0 Å². The summed E-state index contributed by atoms with van der Waals surface area (Å²) in [5, 5.41) is 0. The lowest BCUT2D eigenvalue weighted by Gasteiger charge is -2.21. The van der Waals surface area contributed by atoms with Gasteiger partial charge in [-0.25, -0.2) is 0 Å². The lowest BCUT2D eigenvalue weighted by atomic mass is 9.84. The van der Waals surface area contributed by atoms with E-state index in [0.29, 0.717) is 0 Å². The van der Waals surface area contributed by atoms with Crippen molar-refractivity contribution in [2.45, 2.75) is 78.1 Å². The van der Waals surface area contributed by atoms with E-state index in [1.54, 1.807) is 5.57 Å². The topological polar surface area (TPSA) is 0 Å². The van der Waals surface area contributed by atoms with E-state index in [2.05, 4.69) is 80.6 Å². The van der Waals surface area contributed by atoms with Crippen LogP contribution in [0.1, 0.15) is 77.2 Å². The predicted molar refractivity (Wildman–Crippen MR) is 120 cm³/mol. The minimum absolute atomic E-state index is 0.753. The zero-order chi connectivity index (χ0) is 19.2. The molecule has 2 rings (SSSR count). The Kier molecular flexibility index (Phi) is 10.6. The van der Waals surface area contributed by atoms with Gasteiger partial charge in [0, 0.05) is 0 Å². The standard InChI is InChI=1S/C27H38/c1-3-4-5-6-8-13-16-19-26(23-27-20-24(2)21-27)22-25-17-14-11-9-7-10-12-15-18-25/h7,9-12,14-15,17-18,20-21,26H,3-6,8,13,16,19,22-23H2,1-2H3. The first kappa shape index (κ1) is 21.5. The summed E-state index contributed by atoms with van der Waals surface area (Å²) in [6.07, 6.45) is 18.3. The average Bonchev–Trinajstić information content (AvgIpc) is 2.64. The van der Waals surface area contributed by atoms with E-state index in [-0.39, 0.29) is 0 Å². The maximum atomic E-state index is 2.36. The molecule has 1 aliphatic carbocycles. The summed E-state index contributed by atoms with van der Waals surface area (Å²) in [6.45, 7) is 4.49. The van der Waals surface area contributed by atoms with Crippen molar-refractivity contribution in [1.29, 1.82) is 0 Å². The first-order valence-corrected chi connectivity index (χ1v) is 11.0. The summed E-state index contributed by atoms with van der Waals surface area (Å²) in [4.78, 5) is 0. The molecular weight excluding hydrogens is 324 g/mol. The Hall–Kier alpha value is -1.82. The fourth-order valence-corrected chi connectivity index (χ4v) is 3.89. The maximum absolute atomic E-state index is 2.36. The smallest absolute Gasteiger partial charge is 0.0247 e. The number of rotatable bonds is 12. The summed E-state index contributed by atoms with van der Waals surface area (Å²) in [5.41, 5.74) is 4.42. The SMILES string of the molecule is CCCCCCCCCC(CC1=CC(C)=C1)Cc1ccccccccc1. The van der Waals surface area contributed by atoms with Crippen LogP contribution in [-0.4, -0.2) is 0 Å². The number of allylic oxidation sites excluding steroid dienone is 4.